The molecular formula is C26H25ClF2N2O2. The molecule has 1 atom stereocenters. The third-order valence-corrected chi connectivity index (χ3v) is 6.09. The molecular weight excluding hydrogens is 446 g/mol. The molecule has 3 aromatic rings. The standard InChI is InChI=1S/C26H25ClF2N2O2/c27-21-11-9-19(10-12-21)25(33-18-22-23(28)7-4-8-24(22)29)17-30-13-15-31(16-14-30)26(32)20-5-2-1-3-6-20/h1-12,25H,13-18H2. The lowest BCUT2D eigenvalue weighted by Crippen LogP contribution is -2.49. The molecule has 1 fully saturated rings. The van der Waals surface area contributed by atoms with Gasteiger partial charge in [-0.25, -0.2) is 8.78 Å². The van der Waals surface area contributed by atoms with Crippen LogP contribution in [0.25, 0.3) is 0 Å². The number of nitrogens with zero attached hydrogens (tertiary/aromatic N) is 2. The number of hydrogen-bond acceptors (Lipinski definition) is 3. The number of ether oxygens (including phenoxy) is 1. The predicted molar refractivity (Wildman–Crippen MR) is 124 cm³/mol. The molecule has 172 valence electrons. The number of amides is 1. The number of benzene rings is 3. The Hall–Kier alpha value is -2.80. The topological polar surface area (TPSA) is 32.8 Å². The second-order valence-electron chi connectivity index (χ2n) is 8.01. The van der Waals surface area contributed by atoms with Crippen LogP contribution in [0.4, 0.5) is 8.78 Å². The van der Waals surface area contributed by atoms with E-state index in [-0.39, 0.29) is 18.1 Å². The van der Waals surface area contributed by atoms with Crippen LogP contribution in [0.5, 0.6) is 0 Å². The van der Waals surface area contributed by atoms with Crippen molar-refractivity contribution in [3.63, 3.8) is 0 Å². The normalized spacial score (nSPS) is 15.4. The second kappa shape index (κ2) is 10.9. The van der Waals surface area contributed by atoms with Gasteiger partial charge in [-0.1, -0.05) is 48.0 Å². The van der Waals surface area contributed by atoms with E-state index in [0.717, 1.165) is 5.56 Å². The lowest BCUT2D eigenvalue weighted by atomic mass is 10.1. The van der Waals surface area contributed by atoms with Gasteiger partial charge in [0.1, 0.15) is 11.6 Å². The van der Waals surface area contributed by atoms with E-state index in [4.69, 9.17) is 16.3 Å². The Morgan fingerprint density at radius 2 is 1.52 bits per heavy atom. The first-order valence-electron chi connectivity index (χ1n) is 10.9. The van der Waals surface area contributed by atoms with Gasteiger partial charge < -0.3 is 9.64 Å². The molecule has 33 heavy (non-hydrogen) atoms. The van der Waals surface area contributed by atoms with E-state index >= 15 is 0 Å². The minimum absolute atomic E-state index is 0.0239. The van der Waals surface area contributed by atoms with Gasteiger partial charge in [0.2, 0.25) is 0 Å². The van der Waals surface area contributed by atoms with Crippen LogP contribution in [0.3, 0.4) is 0 Å². The van der Waals surface area contributed by atoms with Crippen molar-refractivity contribution in [1.29, 1.82) is 0 Å². The van der Waals surface area contributed by atoms with Gasteiger partial charge in [-0.05, 0) is 42.0 Å². The Bertz CT molecular complexity index is 1050. The molecule has 3 aromatic carbocycles. The maximum absolute atomic E-state index is 14.1. The van der Waals surface area contributed by atoms with Gasteiger partial charge in [0.05, 0.1) is 12.7 Å². The summed E-state index contributed by atoms with van der Waals surface area (Å²) < 4.78 is 34.2. The molecule has 1 heterocycles. The molecule has 1 amide bonds. The summed E-state index contributed by atoms with van der Waals surface area (Å²) in [7, 11) is 0. The fourth-order valence-electron chi connectivity index (χ4n) is 3.92. The first kappa shape index (κ1) is 23.4. The van der Waals surface area contributed by atoms with E-state index in [1.165, 1.54) is 18.2 Å². The summed E-state index contributed by atoms with van der Waals surface area (Å²) in [6.07, 6.45) is -0.405. The van der Waals surface area contributed by atoms with Crippen LogP contribution in [-0.4, -0.2) is 48.4 Å². The monoisotopic (exact) mass is 470 g/mol. The Kier molecular flexibility index (Phi) is 7.70. The van der Waals surface area contributed by atoms with Crippen molar-refractivity contribution >= 4 is 17.5 Å². The molecule has 0 spiro atoms. The molecule has 0 saturated carbocycles. The fraction of sp³-hybridized carbons (Fsp3) is 0.269. The molecule has 0 aliphatic carbocycles. The Balaban J connectivity index is 1.41. The molecule has 0 bridgehead atoms. The average molecular weight is 471 g/mol. The molecule has 1 unspecified atom stereocenters. The smallest absolute Gasteiger partial charge is 0.253 e. The number of piperazine rings is 1. The van der Waals surface area contributed by atoms with E-state index < -0.39 is 17.7 Å². The summed E-state index contributed by atoms with van der Waals surface area (Å²) in [5.74, 6) is -1.23. The molecule has 7 heteroatoms. The van der Waals surface area contributed by atoms with E-state index in [0.29, 0.717) is 43.3 Å². The van der Waals surface area contributed by atoms with Gasteiger partial charge in [0.15, 0.2) is 0 Å². The largest absolute Gasteiger partial charge is 0.367 e. The van der Waals surface area contributed by atoms with Crippen molar-refractivity contribution in [1.82, 2.24) is 9.80 Å². The summed E-state index contributed by atoms with van der Waals surface area (Å²) >= 11 is 6.03. The molecule has 4 rings (SSSR count). The van der Waals surface area contributed by atoms with Crippen LogP contribution >= 0.6 is 11.6 Å². The summed E-state index contributed by atoms with van der Waals surface area (Å²) in [5.41, 5.74) is 1.47. The molecule has 0 N–H and O–H groups in total. The van der Waals surface area contributed by atoms with Crippen LogP contribution in [-0.2, 0) is 11.3 Å². The van der Waals surface area contributed by atoms with E-state index in [9.17, 15) is 13.6 Å². The maximum atomic E-state index is 14.1. The number of halogens is 3. The maximum Gasteiger partial charge on any atom is 0.253 e. The van der Waals surface area contributed by atoms with Crippen molar-refractivity contribution in [2.45, 2.75) is 12.7 Å². The van der Waals surface area contributed by atoms with Crippen molar-refractivity contribution in [3.05, 3.63) is 106 Å². The van der Waals surface area contributed by atoms with Crippen LogP contribution in [0, 0.1) is 11.6 Å². The Morgan fingerprint density at radius 1 is 0.879 bits per heavy atom. The number of carbonyl (C=O) groups is 1. The first-order chi connectivity index (χ1) is 16.0. The number of carbonyl (C=O) groups excluding carboxylic acids is 1. The molecule has 1 aliphatic heterocycles. The minimum Gasteiger partial charge on any atom is -0.367 e. The molecule has 0 radical (unpaired) electrons. The Morgan fingerprint density at radius 3 is 2.15 bits per heavy atom. The van der Waals surface area contributed by atoms with Gasteiger partial charge in [-0.15, -0.1) is 0 Å². The van der Waals surface area contributed by atoms with E-state index in [1.807, 2.05) is 47.4 Å². The van der Waals surface area contributed by atoms with E-state index in [1.54, 1.807) is 12.1 Å². The van der Waals surface area contributed by atoms with Crippen molar-refractivity contribution in [3.8, 4) is 0 Å². The molecule has 0 aromatic heterocycles. The molecule has 1 aliphatic rings. The zero-order valence-electron chi connectivity index (χ0n) is 18.1. The van der Waals surface area contributed by atoms with E-state index in [2.05, 4.69) is 4.90 Å². The van der Waals surface area contributed by atoms with Crippen molar-refractivity contribution in [2.24, 2.45) is 0 Å². The second-order valence-corrected chi connectivity index (χ2v) is 8.45. The van der Waals surface area contributed by atoms with Crippen LogP contribution < -0.4 is 0 Å². The molecule has 4 nitrogen and oxygen atoms in total. The van der Waals surface area contributed by atoms with Gasteiger partial charge in [0, 0.05) is 48.9 Å². The van der Waals surface area contributed by atoms with Gasteiger partial charge in [-0.3, -0.25) is 9.69 Å². The van der Waals surface area contributed by atoms with Crippen LogP contribution in [0.15, 0.2) is 72.8 Å². The van der Waals surface area contributed by atoms with Gasteiger partial charge in [0.25, 0.3) is 5.91 Å². The van der Waals surface area contributed by atoms with Gasteiger partial charge in [-0.2, -0.15) is 0 Å². The third kappa shape index (κ3) is 5.96. The van der Waals surface area contributed by atoms with Gasteiger partial charge >= 0.3 is 0 Å². The SMILES string of the molecule is O=C(c1ccccc1)N1CCN(CC(OCc2c(F)cccc2F)c2ccc(Cl)cc2)CC1. The fourth-order valence-corrected chi connectivity index (χ4v) is 4.04. The molecule has 1 saturated heterocycles. The van der Waals surface area contributed by atoms with Crippen LogP contribution in [0.1, 0.15) is 27.6 Å². The predicted octanol–water partition coefficient (Wildman–Crippen LogP) is 5.33. The number of hydrogen-bond donors (Lipinski definition) is 0. The highest BCUT2D eigenvalue weighted by molar-refractivity contribution is 6.30. The van der Waals surface area contributed by atoms with Crippen LogP contribution in [0.2, 0.25) is 5.02 Å². The lowest BCUT2D eigenvalue weighted by molar-refractivity contribution is 0.00145. The van der Waals surface area contributed by atoms with Crippen molar-refractivity contribution in [2.75, 3.05) is 32.7 Å². The zero-order chi connectivity index (χ0) is 23.2. The quantitative estimate of drug-likeness (QED) is 0.467. The highest BCUT2D eigenvalue weighted by Gasteiger charge is 2.25. The highest BCUT2D eigenvalue weighted by Crippen LogP contribution is 2.25. The summed E-state index contributed by atoms with van der Waals surface area (Å²) in [6, 6.07) is 20.3. The van der Waals surface area contributed by atoms with Crippen molar-refractivity contribution < 1.29 is 18.3 Å². The minimum atomic E-state index is -0.627. The summed E-state index contributed by atoms with van der Waals surface area (Å²) in [6.45, 7) is 2.91. The average Bonchev–Trinajstić information content (AvgIpc) is 2.84. The summed E-state index contributed by atoms with van der Waals surface area (Å²) in [5, 5.41) is 0.602. The first-order valence-corrected chi connectivity index (χ1v) is 11.3. The zero-order valence-corrected chi connectivity index (χ0v) is 18.8. The summed E-state index contributed by atoms with van der Waals surface area (Å²) in [4.78, 5) is 16.8. The Labute approximate surface area is 197 Å². The number of rotatable bonds is 7. The third-order valence-electron chi connectivity index (χ3n) is 5.84. The lowest BCUT2D eigenvalue weighted by Gasteiger charge is -2.36. The highest BCUT2D eigenvalue weighted by atomic mass is 35.5.